The summed E-state index contributed by atoms with van der Waals surface area (Å²) in [6.45, 7) is 2.74. The van der Waals surface area contributed by atoms with Crippen LogP contribution in [-0.4, -0.2) is 12.6 Å². The average molecular weight is 422 g/mol. The van der Waals surface area contributed by atoms with Crippen molar-refractivity contribution in [3.05, 3.63) is 71.6 Å². The first-order valence-electron chi connectivity index (χ1n) is 10.9. The van der Waals surface area contributed by atoms with Gasteiger partial charge in [-0.2, -0.15) is 5.26 Å². The first-order chi connectivity index (χ1) is 15.1. The molecule has 162 valence electrons. The van der Waals surface area contributed by atoms with Gasteiger partial charge in [-0.3, -0.25) is 0 Å². The summed E-state index contributed by atoms with van der Waals surface area (Å²) in [5.74, 6) is 0.573. The summed E-state index contributed by atoms with van der Waals surface area (Å²) in [5.41, 5.74) is 0.451. The molecule has 1 fully saturated rings. The van der Waals surface area contributed by atoms with Gasteiger partial charge >= 0.3 is 5.97 Å². The van der Waals surface area contributed by atoms with Crippen molar-refractivity contribution in [1.82, 2.24) is 0 Å². The molecule has 1 aliphatic carbocycles. The number of allylic oxidation sites excluding steroid dienone is 1. The molecule has 0 radical (unpaired) electrons. The van der Waals surface area contributed by atoms with Crippen LogP contribution in [0.5, 0.6) is 11.5 Å². The van der Waals surface area contributed by atoms with Crippen molar-refractivity contribution in [2.24, 2.45) is 11.8 Å². The van der Waals surface area contributed by atoms with E-state index in [2.05, 4.69) is 19.1 Å². The molecule has 31 heavy (non-hydrogen) atoms. The highest BCUT2D eigenvalue weighted by atomic mass is 19.1. The molecule has 0 N–H and O–H groups in total. The third kappa shape index (κ3) is 6.68. The number of benzene rings is 2. The van der Waals surface area contributed by atoms with Crippen molar-refractivity contribution < 1.29 is 18.7 Å². The van der Waals surface area contributed by atoms with Crippen molar-refractivity contribution in [3.63, 3.8) is 0 Å². The molecular weight excluding hydrogens is 393 g/mol. The molecule has 0 saturated heterocycles. The number of rotatable bonds is 8. The molecule has 0 unspecified atom stereocenters. The molecule has 0 aliphatic heterocycles. The minimum atomic E-state index is -0.752. The number of ether oxygens (including phenoxy) is 2. The Labute approximate surface area is 183 Å². The minimum absolute atomic E-state index is 0.164. The maximum Gasteiger partial charge on any atom is 0.343 e. The fraction of sp³-hybridized carbons (Fsp3) is 0.385. The van der Waals surface area contributed by atoms with Gasteiger partial charge in [0, 0.05) is 0 Å². The lowest BCUT2D eigenvalue weighted by atomic mass is 9.80. The summed E-state index contributed by atoms with van der Waals surface area (Å²) < 4.78 is 24.7. The second-order valence-corrected chi connectivity index (χ2v) is 7.98. The van der Waals surface area contributed by atoms with Crippen molar-refractivity contribution in [2.45, 2.75) is 45.4 Å². The summed E-state index contributed by atoms with van der Waals surface area (Å²) in [5, 5.41) is 8.77. The van der Waals surface area contributed by atoms with Crippen LogP contribution in [0.25, 0.3) is 0 Å². The van der Waals surface area contributed by atoms with Crippen LogP contribution in [0.4, 0.5) is 4.39 Å². The number of hydrogen-bond acceptors (Lipinski definition) is 4. The van der Waals surface area contributed by atoms with Crippen LogP contribution in [0.1, 0.15) is 61.4 Å². The van der Waals surface area contributed by atoms with Crippen LogP contribution >= 0.6 is 0 Å². The summed E-state index contributed by atoms with van der Waals surface area (Å²) in [4.78, 5) is 12.2. The Balaban J connectivity index is 1.45. The zero-order chi connectivity index (χ0) is 22.1. The molecule has 4 nitrogen and oxygen atoms in total. The van der Waals surface area contributed by atoms with E-state index in [4.69, 9.17) is 14.7 Å². The molecule has 0 amide bonds. The second-order valence-electron chi connectivity index (χ2n) is 7.98. The molecule has 0 aromatic heterocycles. The Morgan fingerprint density at radius 1 is 1.16 bits per heavy atom. The number of nitrogens with zero attached hydrogens (tertiary/aromatic N) is 1. The number of carbonyl (C=O) groups is 1. The van der Waals surface area contributed by atoms with Gasteiger partial charge in [-0.15, -0.1) is 0 Å². The zero-order valence-corrected chi connectivity index (χ0v) is 17.9. The molecule has 0 atom stereocenters. The van der Waals surface area contributed by atoms with E-state index in [0.717, 1.165) is 12.0 Å². The third-order valence-corrected chi connectivity index (χ3v) is 5.70. The Kier molecular flexibility index (Phi) is 8.23. The lowest BCUT2D eigenvalue weighted by Gasteiger charge is -2.26. The Bertz CT molecular complexity index is 938. The van der Waals surface area contributed by atoms with E-state index in [1.54, 1.807) is 24.3 Å². The summed E-state index contributed by atoms with van der Waals surface area (Å²) >= 11 is 0. The smallest absolute Gasteiger partial charge is 0.343 e. The number of esters is 1. The largest absolute Gasteiger partial charge is 0.490 e. The van der Waals surface area contributed by atoms with E-state index in [9.17, 15) is 9.18 Å². The van der Waals surface area contributed by atoms with Crippen molar-refractivity contribution >= 4 is 5.97 Å². The van der Waals surface area contributed by atoms with E-state index in [1.807, 2.05) is 6.07 Å². The highest BCUT2D eigenvalue weighted by Gasteiger charge is 2.18. The Morgan fingerprint density at radius 2 is 1.90 bits per heavy atom. The molecule has 5 heteroatoms. The van der Waals surface area contributed by atoms with Gasteiger partial charge in [0.05, 0.1) is 17.2 Å². The molecule has 2 aromatic carbocycles. The molecule has 3 rings (SSSR count). The Morgan fingerprint density at radius 3 is 2.55 bits per heavy atom. The highest BCUT2D eigenvalue weighted by molar-refractivity contribution is 5.91. The lowest BCUT2D eigenvalue weighted by Crippen LogP contribution is -2.13. The monoisotopic (exact) mass is 421 g/mol. The van der Waals surface area contributed by atoms with Gasteiger partial charge in [0.2, 0.25) is 0 Å². The standard InChI is InChI=1S/C26H28FNO3/c1-2-4-19-6-8-20(9-7-19)5-3-16-30-23-13-11-22(12-14-23)26(29)31-25-15-10-21(18-28)17-24(25)27/h3,5,10-15,17,19-20H,2,4,6-9,16H2,1H3. The molecule has 1 saturated carbocycles. The van der Waals surface area contributed by atoms with Gasteiger partial charge in [-0.05, 0) is 80.0 Å². The summed E-state index contributed by atoms with van der Waals surface area (Å²) in [6, 6.07) is 12.1. The first kappa shape index (κ1) is 22.6. The molecule has 0 spiro atoms. The van der Waals surface area contributed by atoms with Gasteiger partial charge in [-0.25, -0.2) is 9.18 Å². The first-order valence-corrected chi connectivity index (χ1v) is 10.9. The number of halogens is 1. The maximum absolute atomic E-state index is 13.9. The van der Waals surface area contributed by atoms with Crippen LogP contribution in [-0.2, 0) is 0 Å². The summed E-state index contributed by atoms with van der Waals surface area (Å²) in [7, 11) is 0. The normalized spacial score (nSPS) is 18.5. The van der Waals surface area contributed by atoms with E-state index in [0.29, 0.717) is 18.3 Å². The highest BCUT2D eigenvalue weighted by Crippen LogP contribution is 2.32. The predicted molar refractivity (Wildman–Crippen MR) is 118 cm³/mol. The average Bonchev–Trinajstić information content (AvgIpc) is 2.79. The SMILES string of the molecule is CCCC1CCC(C=CCOc2ccc(C(=O)Oc3ccc(C#N)cc3F)cc2)CC1. The van der Waals surface area contributed by atoms with Crippen LogP contribution in [0, 0.1) is 29.0 Å². The van der Waals surface area contributed by atoms with E-state index < -0.39 is 11.8 Å². The van der Waals surface area contributed by atoms with E-state index in [-0.39, 0.29) is 16.9 Å². The van der Waals surface area contributed by atoms with Gasteiger partial charge in [0.25, 0.3) is 0 Å². The van der Waals surface area contributed by atoms with Crippen LogP contribution in [0.3, 0.4) is 0 Å². The fourth-order valence-corrected chi connectivity index (χ4v) is 3.97. The number of nitriles is 1. The number of carbonyl (C=O) groups excluding carboxylic acids is 1. The van der Waals surface area contributed by atoms with Gasteiger partial charge in [-0.1, -0.05) is 31.9 Å². The van der Waals surface area contributed by atoms with E-state index in [1.165, 1.54) is 50.7 Å². The Hall–Kier alpha value is -3.13. The van der Waals surface area contributed by atoms with Gasteiger partial charge in [0.1, 0.15) is 12.4 Å². The van der Waals surface area contributed by atoms with Gasteiger partial charge < -0.3 is 9.47 Å². The molecule has 0 heterocycles. The molecule has 0 bridgehead atoms. The predicted octanol–water partition coefficient (Wildman–Crippen LogP) is 6.46. The van der Waals surface area contributed by atoms with Gasteiger partial charge in [0.15, 0.2) is 11.6 Å². The topological polar surface area (TPSA) is 59.3 Å². The minimum Gasteiger partial charge on any atom is -0.490 e. The fourth-order valence-electron chi connectivity index (χ4n) is 3.97. The van der Waals surface area contributed by atoms with Crippen LogP contribution in [0.2, 0.25) is 0 Å². The lowest BCUT2D eigenvalue weighted by molar-refractivity contribution is 0.0728. The van der Waals surface area contributed by atoms with E-state index >= 15 is 0 Å². The molecule has 2 aromatic rings. The quantitative estimate of drug-likeness (QED) is 0.279. The van der Waals surface area contributed by atoms with Crippen molar-refractivity contribution in [3.8, 4) is 17.6 Å². The van der Waals surface area contributed by atoms with Crippen LogP contribution < -0.4 is 9.47 Å². The van der Waals surface area contributed by atoms with Crippen molar-refractivity contribution in [1.29, 1.82) is 5.26 Å². The number of hydrogen-bond donors (Lipinski definition) is 0. The zero-order valence-electron chi connectivity index (χ0n) is 17.9. The van der Waals surface area contributed by atoms with Crippen molar-refractivity contribution in [2.75, 3.05) is 6.61 Å². The summed E-state index contributed by atoms with van der Waals surface area (Å²) in [6.07, 6.45) is 12.1. The second kappa shape index (κ2) is 11.3. The third-order valence-electron chi connectivity index (χ3n) is 5.70. The maximum atomic E-state index is 13.9. The van der Waals surface area contributed by atoms with Crippen LogP contribution in [0.15, 0.2) is 54.6 Å². The molecule has 1 aliphatic rings. The molecular formula is C26H28FNO3.